The third-order valence-corrected chi connectivity index (χ3v) is 5.04. The molecule has 0 amide bonds. The topological polar surface area (TPSA) is 80.7 Å². The van der Waals surface area contributed by atoms with Gasteiger partial charge in [-0.3, -0.25) is 9.59 Å². The minimum Gasteiger partial charge on any atom is -0.507 e. The molecule has 0 saturated carbocycles. The Labute approximate surface area is 172 Å². The van der Waals surface area contributed by atoms with Crippen LogP contribution in [0.1, 0.15) is 0 Å². The van der Waals surface area contributed by atoms with E-state index in [1.54, 1.807) is 6.07 Å². The van der Waals surface area contributed by atoms with Gasteiger partial charge < -0.3 is 13.9 Å². The molecule has 0 atom stereocenters. The van der Waals surface area contributed by atoms with Crippen molar-refractivity contribution in [1.82, 2.24) is 0 Å². The van der Waals surface area contributed by atoms with Crippen LogP contribution in [0.5, 0.6) is 5.75 Å². The summed E-state index contributed by atoms with van der Waals surface area (Å²) >= 11 is 0. The first-order chi connectivity index (χ1) is 14.9. The van der Waals surface area contributed by atoms with Crippen LogP contribution in [-0.2, 0) is 0 Å². The number of hydrogen-bond donors (Lipinski definition) is 1. The molecule has 7 heteroatoms. The number of halogens is 2. The monoisotopic (exact) mass is 418 g/mol. The Kier molecular flexibility index (Phi) is 4.18. The average Bonchev–Trinajstić information content (AvgIpc) is 2.74. The molecule has 1 N–H and O–H groups in total. The van der Waals surface area contributed by atoms with E-state index < -0.39 is 28.2 Å². The molecule has 0 radical (unpaired) electrons. The summed E-state index contributed by atoms with van der Waals surface area (Å²) in [4.78, 5) is 26.3. The van der Waals surface area contributed by atoms with E-state index in [2.05, 4.69) is 0 Å². The number of fused-ring (bicyclic) bond motifs is 3. The Bertz CT molecular complexity index is 1620. The summed E-state index contributed by atoms with van der Waals surface area (Å²) in [6.45, 7) is 0. The van der Waals surface area contributed by atoms with Crippen molar-refractivity contribution >= 4 is 21.9 Å². The standard InChI is InChI=1S/C24H12F2O5/c25-14-5-1-3-12(7-14)16-10-30-19-9-18(27)20-22(28)17(13-4-2-6-15(26)8-13)11-31-24(20)21(19)23(16)29/h1-11,27H. The van der Waals surface area contributed by atoms with Crippen LogP contribution in [0.2, 0.25) is 0 Å². The van der Waals surface area contributed by atoms with Crippen molar-refractivity contribution < 1.29 is 22.7 Å². The van der Waals surface area contributed by atoms with Gasteiger partial charge in [0, 0.05) is 6.07 Å². The van der Waals surface area contributed by atoms with Gasteiger partial charge in [-0.2, -0.15) is 0 Å². The highest BCUT2D eigenvalue weighted by atomic mass is 19.1. The van der Waals surface area contributed by atoms with Crippen LogP contribution in [0, 0.1) is 11.6 Å². The number of hydrogen-bond acceptors (Lipinski definition) is 5. The molecule has 5 rings (SSSR count). The van der Waals surface area contributed by atoms with Crippen LogP contribution >= 0.6 is 0 Å². The zero-order chi connectivity index (χ0) is 21.7. The van der Waals surface area contributed by atoms with Crippen LogP contribution in [-0.4, -0.2) is 5.11 Å². The lowest BCUT2D eigenvalue weighted by atomic mass is 10.0. The Morgan fingerprint density at radius 1 is 0.710 bits per heavy atom. The first kappa shape index (κ1) is 18.7. The Morgan fingerprint density at radius 3 is 1.84 bits per heavy atom. The van der Waals surface area contributed by atoms with E-state index in [1.165, 1.54) is 36.4 Å². The normalized spacial score (nSPS) is 11.3. The molecule has 0 aliphatic heterocycles. The Hall–Kier alpha value is -4.26. The minimum atomic E-state index is -0.637. The molecule has 0 spiro atoms. The number of benzene rings is 3. The predicted molar refractivity (Wildman–Crippen MR) is 111 cm³/mol. The lowest BCUT2D eigenvalue weighted by Gasteiger charge is -2.08. The van der Waals surface area contributed by atoms with E-state index in [9.17, 15) is 23.5 Å². The van der Waals surface area contributed by atoms with Gasteiger partial charge in [-0.25, -0.2) is 8.78 Å². The summed E-state index contributed by atoms with van der Waals surface area (Å²) in [6.07, 6.45) is 2.26. The summed E-state index contributed by atoms with van der Waals surface area (Å²) in [5.74, 6) is -1.52. The SMILES string of the molecule is O=c1c(-c2cccc(F)c2)coc2c1c(O)cc1occ(-c3cccc(F)c3)c(=O)c12. The van der Waals surface area contributed by atoms with Crippen molar-refractivity contribution in [2.45, 2.75) is 0 Å². The van der Waals surface area contributed by atoms with Gasteiger partial charge in [0.05, 0.1) is 11.1 Å². The highest BCUT2D eigenvalue weighted by molar-refractivity contribution is 6.06. The summed E-state index contributed by atoms with van der Waals surface area (Å²) in [7, 11) is 0. The predicted octanol–water partition coefficient (Wildman–Crippen LogP) is 5.22. The van der Waals surface area contributed by atoms with E-state index in [-0.39, 0.29) is 44.2 Å². The number of phenols is 1. The molecular weight excluding hydrogens is 406 g/mol. The molecule has 3 aromatic carbocycles. The van der Waals surface area contributed by atoms with Gasteiger partial charge in [0.2, 0.25) is 10.9 Å². The summed E-state index contributed by atoms with van der Waals surface area (Å²) in [6, 6.07) is 11.9. The van der Waals surface area contributed by atoms with Crippen molar-refractivity contribution in [3.8, 4) is 28.0 Å². The maximum atomic E-state index is 13.6. The van der Waals surface area contributed by atoms with Crippen molar-refractivity contribution in [3.05, 3.63) is 99.2 Å². The van der Waals surface area contributed by atoms with Gasteiger partial charge >= 0.3 is 0 Å². The van der Waals surface area contributed by atoms with Crippen molar-refractivity contribution in [3.63, 3.8) is 0 Å². The molecule has 152 valence electrons. The lowest BCUT2D eigenvalue weighted by molar-refractivity contribution is 0.478. The van der Waals surface area contributed by atoms with Gasteiger partial charge in [-0.15, -0.1) is 0 Å². The third kappa shape index (κ3) is 2.98. The second-order valence-electron chi connectivity index (χ2n) is 6.95. The third-order valence-electron chi connectivity index (χ3n) is 5.04. The van der Waals surface area contributed by atoms with Crippen molar-refractivity contribution in [2.24, 2.45) is 0 Å². The van der Waals surface area contributed by atoms with Crippen LogP contribution in [0.25, 0.3) is 44.2 Å². The molecule has 0 fully saturated rings. The highest BCUT2D eigenvalue weighted by Gasteiger charge is 2.20. The molecule has 0 unspecified atom stereocenters. The first-order valence-electron chi connectivity index (χ1n) is 9.19. The molecule has 5 aromatic rings. The quantitative estimate of drug-likeness (QED) is 0.398. The molecule has 0 aliphatic carbocycles. The molecule has 2 aromatic heterocycles. The molecule has 31 heavy (non-hydrogen) atoms. The lowest BCUT2D eigenvalue weighted by Crippen LogP contribution is -2.10. The minimum absolute atomic E-state index is 0.00295. The fourth-order valence-electron chi connectivity index (χ4n) is 3.59. The van der Waals surface area contributed by atoms with Gasteiger partial charge in [-0.1, -0.05) is 24.3 Å². The summed E-state index contributed by atoms with van der Waals surface area (Å²) in [5.41, 5.74) is -0.737. The van der Waals surface area contributed by atoms with Gasteiger partial charge in [0.1, 0.15) is 46.3 Å². The highest BCUT2D eigenvalue weighted by Crippen LogP contribution is 2.32. The van der Waals surface area contributed by atoms with Crippen molar-refractivity contribution in [1.29, 1.82) is 0 Å². The zero-order valence-corrected chi connectivity index (χ0v) is 15.7. The van der Waals surface area contributed by atoms with Gasteiger partial charge in [0.25, 0.3) is 0 Å². The molecular formula is C24H12F2O5. The fourth-order valence-corrected chi connectivity index (χ4v) is 3.59. The smallest absolute Gasteiger partial charge is 0.204 e. The van der Waals surface area contributed by atoms with Crippen LogP contribution in [0.3, 0.4) is 0 Å². The Balaban J connectivity index is 1.85. The summed E-state index contributed by atoms with van der Waals surface area (Å²) < 4.78 is 38.3. The maximum absolute atomic E-state index is 13.6. The molecule has 0 bridgehead atoms. The van der Waals surface area contributed by atoms with Crippen LogP contribution in [0.15, 0.2) is 85.5 Å². The molecule has 0 aliphatic rings. The molecule has 0 saturated heterocycles. The molecule has 2 heterocycles. The maximum Gasteiger partial charge on any atom is 0.204 e. The largest absolute Gasteiger partial charge is 0.507 e. The van der Waals surface area contributed by atoms with E-state index in [0.29, 0.717) is 0 Å². The number of rotatable bonds is 2. The van der Waals surface area contributed by atoms with E-state index >= 15 is 0 Å². The van der Waals surface area contributed by atoms with E-state index in [0.717, 1.165) is 24.7 Å². The van der Waals surface area contributed by atoms with Crippen LogP contribution < -0.4 is 10.9 Å². The van der Waals surface area contributed by atoms with Crippen molar-refractivity contribution in [2.75, 3.05) is 0 Å². The van der Waals surface area contributed by atoms with Gasteiger partial charge in [-0.05, 0) is 35.4 Å². The number of aromatic hydroxyl groups is 1. The second-order valence-corrected chi connectivity index (χ2v) is 6.95. The zero-order valence-electron chi connectivity index (χ0n) is 15.7. The molecule has 5 nitrogen and oxygen atoms in total. The summed E-state index contributed by atoms with van der Waals surface area (Å²) in [5, 5.41) is 10.1. The first-order valence-corrected chi connectivity index (χ1v) is 9.19. The fraction of sp³-hybridized carbons (Fsp3) is 0. The average molecular weight is 418 g/mol. The van der Waals surface area contributed by atoms with Gasteiger partial charge in [0.15, 0.2) is 5.58 Å². The van der Waals surface area contributed by atoms with E-state index in [1.807, 2.05) is 0 Å². The second kappa shape index (κ2) is 6.91. The number of phenolic OH excluding ortho intramolecular Hbond substituents is 1. The van der Waals surface area contributed by atoms with E-state index in [4.69, 9.17) is 8.83 Å². The van der Waals surface area contributed by atoms with Crippen LogP contribution in [0.4, 0.5) is 8.78 Å². The Morgan fingerprint density at radius 2 is 1.26 bits per heavy atom.